The van der Waals surface area contributed by atoms with Crippen molar-refractivity contribution in [2.75, 3.05) is 24.5 Å². The van der Waals surface area contributed by atoms with E-state index in [9.17, 15) is 10.1 Å². The number of aromatic nitrogens is 1. The number of hydrogen-bond acceptors (Lipinski definition) is 5. The summed E-state index contributed by atoms with van der Waals surface area (Å²) in [5, 5.41) is 14.8. The number of nitrogens with zero attached hydrogens (tertiary/aromatic N) is 3. The number of non-ortho nitro benzene ring substituents is 1. The number of fused-ring (bicyclic) bond motifs is 1. The highest BCUT2D eigenvalue weighted by Crippen LogP contribution is 2.24. The molecule has 0 radical (unpaired) electrons. The number of nitrogens with one attached hydrogen (secondary N) is 1. The van der Waals surface area contributed by atoms with Gasteiger partial charge in [0.1, 0.15) is 5.82 Å². The lowest BCUT2D eigenvalue weighted by molar-refractivity contribution is -0.384. The lowest BCUT2D eigenvalue weighted by Crippen LogP contribution is -2.57. The normalized spacial score (nSPS) is 15.1. The van der Waals surface area contributed by atoms with Crippen LogP contribution < -0.4 is 10.2 Å². The number of hydrogen-bond donors (Lipinski definition) is 1. The van der Waals surface area contributed by atoms with Gasteiger partial charge >= 0.3 is 0 Å². The minimum atomic E-state index is -0.383. The molecule has 2 aromatic rings. The topological polar surface area (TPSA) is 71.3 Å². The molecule has 3 rings (SSSR count). The Bertz CT molecular complexity index is 655. The zero-order valence-corrected chi connectivity index (χ0v) is 11.2. The fourth-order valence-electron chi connectivity index (χ4n) is 2.48. The highest BCUT2D eigenvalue weighted by atomic mass is 16.6. The molecular weight excluding hydrogens is 256 g/mol. The van der Waals surface area contributed by atoms with Gasteiger partial charge in [-0.25, -0.2) is 4.98 Å². The first kappa shape index (κ1) is 12.8. The van der Waals surface area contributed by atoms with Crippen molar-refractivity contribution >= 4 is 22.4 Å². The minimum Gasteiger partial charge on any atom is -0.351 e. The summed E-state index contributed by atoms with van der Waals surface area (Å²) in [5.74, 6) is 0.931. The maximum Gasteiger partial charge on any atom is 0.270 e. The van der Waals surface area contributed by atoms with Crippen LogP contribution in [0.4, 0.5) is 11.5 Å². The van der Waals surface area contributed by atoms with Gasteiger partial charge in [-0.1, -0.05) is 0 Å². The molecule has 6 nitrogen and oxygen atoms in total. The Morgan fingerprint density at radius 3 is 2.80 bits per heavy atom. The molecule has 1 N–H and O–H groups in total. The fraction of sp³-hybridized carbons (Fsp3) is 0.357. The zero-order valence-electron chi connectivity index (χ0n) is 11.2. The van der Waals surface area contributed by atoms with Crippen molar-refractivity contribution < 1.29 is 4.92 Å². The average Bonchev–Trinajstić information content (AvgIpc) is 2.41. The molecular formula is C14H16N4O2. The van der Waals surface area contributed by atoms with E-state index >= 15 is 0 Å². The molecule has 1 aliphatic rings. The Morgan fingerprint density at radius 2 is 2.20 bits per heavy atom. The van der Waals surface area contributed by atoms with Crippen LogP contribution in [-0.4, -0.2) is 35.6 Å². The molecule has 1 aliphatic heterocycles. The molecule has 0 aliphatic carbocycles. The van der Waals surface area contributed by atoms with Crippen LogP contribution in [0.3, 0.4) is 0 Å². The van der Waals surface area contributed by atoms with Crippen molar-refractivity contribution in [3.8, 4) is 0 Å². The van der Waals surface area contributed by atoms with Gasteiger partial charge in [-0.3, -0.25) is 10.1 Å². The van der Waals surface area contributed by atoms with Gasteiger partial charge in [-0.05, 0) is 25.1 Å². The number of rotatable bonds is 4. The smallest absolute Gasteiger partial charge is 0.270 e. The van der Waals surface area contributed by atoms with Gasteiger partial charge in [-0.15, -0.1) is 0 Å². The standard InChI is InChI=1S/C14H16N4O2/c1-2-17(12-8-15-9-12)14-6-3-10-7-11(18(19)20)4-5-13(10)16-14/h3-7,12,15H,2,8-9H2,1H3. The van der Waals surface area contributed by atoms with Crippen LogP contribution in [0.15, 0.2) is 30.3 Å². The summed E-state index contributed by atoms with van der Waals surface area (Å²) in [6.07, 6.45) is 0. The van der Waals surface area contributed by atoms with E-state index in [0.717, 1.165) is 36.4 Å². The van der Waals surface area contributed by atoms with Gasteiger partial charge in [-0.2, -0.15) is 0 Å². The summed E-state index contributed by atoms with van der Waals surface area (Å²) in [4.78, 5) is 17.3. The van der Waals surface area contributed by atoms with Crippen LogP contribution >= 0.6 is 0 Å². The molecule has 0 atom stereocenters. The van der Waals surface area contributed by atoms with Gasteiger partial charge in [0.25, 0.3) is 5.69 Å². The second kappa shape index (κ2) is 5.05. The van der Waals surface area contributed by atoms with Crippen molar-refractivity contribution in [2.24, 2.45) is 0 Å². The maximum absolute atomic E-state index is 10.8. The van der Waals surface area contributed by atoms with Crippen molar-refractivity contribution in [2.45, 2.75) is 13.0 Å². The molecule has 1 fully saturated rings. The van der Waals surface area contributed by atoms with E-state index < -0.39 is 0 Å². The molecule has 1 aromatic carbocycles. The van der Waals surface area contributed by atoms with E-state index in [-0.39, 0.29) is 10.6 Å². The quantitative estimate of drug-likeness (QED) is 0.680. The van der Waals surface area contributed by atoms with Crippen LogP contribution in [0, 0.1) is 10.1 Å². The molecule has 0 unspecified atom stereocenters. The van der Waals surface area contributed by atoms with Crippen molar-refractivity contribution in [1.82, 2.24) is 10.3 Å². The Labute approximate surface area is 116 Å². The second-order valence-electron chi connectivity index (χ2n) is 4.90. The number of benzene rings is 1. The first-order valence-electron chi connectivity index (χ1n) is 6.71. The Hall–Kier alpha value is -2.21. The lowest BCUT2D eigenvalue weighted by Gasteiger charge is -2.38. The third-order valence-corrected chi connectivity index (χ3v) is 3.70. The predicted octanol–water partition coefficient (Wildman–Crippen LogP) is 1.94. The summed E-state index contributed by atoms with van der Waals surface area (Å²) < 4.78 is 0. The third-order valence-electron chi connectivity index (χ3n) is 3.70. The molecule has 0 amide bonds. The van der Waals surface area contributed by atoms with Gasteiger partial charge in [0.2, 0.25) is 0 Å². The maximum atomic E-state index is 10.8. The molecule has 1 saturated heterocycles. The summed E-state index contributed by atoms with van der Waals surface area (Å²) >= 11 is 0. The number of pyridine rings is 1. The zero-order chi connectivity index (χ0) is 14.1. The number of likely N-dealkylation sites (N-methyl/N-ethyl adjacent to an activating group) is 1. The van der Waals surface area contributed by atoms with Crippen molar-refractivity contribution in [3.05, 3.63) is 40.4 Å². The van der Waals surface area contributed by atoms with Crippen LogP contribution in [0.25, 0.3) is 10.9 Å². The Morgan fingerprint density at radius 1 is 1.40 bits per heavy atom. The van der Waals surface area contributed by atoms with Crippen LogP contribution in [0.1, 0.15) is 6.92 Å². The van der Waals surface area contributed by atoms with E-state index in [4.69, 9.17) is 0 Å². The van der Waals surface area contributed by atoms with Gasteiger partial charge in [0.15, 0.2) is 0 Å². The summed E-state index contributed by atoms with van der Waals surface area (Å²) in [6, 6.07) is 9.10. The SMILES string of the molecule is CCN(c1ccc2cc([N+](=O)[O-])ccc2n1)C1CNC1. The molecule has 0 bridgehead atoms. The van der Waals surface area contributed by atoms with Gasteiger partial charge in [0.05, 0.1) is 16.5 Å². The van der Waals surface area contributed by atoms with Crippen LogP contribution in [0.5, 0.6) is 0 Å². The van der Waals surface area contributed by atoms with Crippen LogP contribution in [0.2, 0.25) is 0 Å². The van der Waals surface area contributed by atoms with E-state index in [1.807, 2.05) is 12.1 Å². The van der Waals surface area contributed by atoms with E-state index in [2.05, 4.69) is 22.1 Å². The minimum absolute atomic E-state index is 0.0996. The molecule has 2 heterocycles. The van der Waals surface area contributed by atoms with Crippen molar-refractivity contribution in [3.63, 3.8) is 0 Å². The lowest BCUT2D eigenvalue weighted by atomic mass is 10.1. The number of anilines is 1. The first-order chi connectivity index (χ1) is 9.69. The average molecular weight is 272 g/mol. The number of nitro groups is 1. The van der Waals surface area contributed by atoms with Crippen LogP contribution in [-0.2, 0) is 0 Å². The summed E-state index contributed by atoms with van der Waals surface area (Å²) in [7, 11) is 0. The monoisotopic (exact) mass is 272 g/mol. The molecule has 1 aromatic heterocycles. The van der Waals surface area contributed by atoms with E-state index in [0.29, 0.717) is 6.04 Å². The van der Waals surface area contributed by atoms with Crippen molar-refractivity contribution in [1.29, 1.82) is 0 Å². The predicted molar refractivity (Wildman–Crippen MR) is 78.1 cm³/mol. The fourth-order valence-corrected chi connectivity index (χ4v) is 2.48. The third kappa shape index (κ3) is 2.18. The molecule has 0 spiro atoms. The Balaban J connectivity index is 1.97. The van der Waals surface area contributed by atoms with E-state index in [1.54, 1.807) is 12.1 Å². The highest BCUT2D eigenvalue weighted by molar-refractivity contribution is 5.82. The largest absolute Gasteiger partial charge is 0.351 e. The number of nitro benzene ring substituents is 1. The molecule has 0 saturated carbocycles. The van der Waals surface area contributed by atoms with Gasteiger partial charge in [0, 0.05) is 37.2 Å². The molecule has 104 valence electrons. The Kier molecular flexibility index (Phi) is 3.23. The summed E-state index contributed by atoms with van der Waals surface area (Å²) in [5.41, 5.74) is 0.890. The molecule has 6 heteroatoms. The second-order valence-corrected chi connectivity index (χ2v) is 4.90. The highest BCUT2D eigenvalue weighted by Gasteiger charge is 2.24. The summed E-state index contributed by atoms with van der Waals surface area (Å²) in [6.45, 7) is 4.97. The molecule has 20 heavy (non-hydrogen) atoms. The first-order valence-corrected chi connectivity index (χ1v) is 6.71. The van der Waals surface area contributed by atoms with E-state index in [1.165, 1.54) is 6.07 Å². The van der Waals surface area contributed by atoms with Gasteiger partial charge < -0.3 is 10.2 Å².